The van der Waals surface area contributed by atoms with Crippen LogP contribution in [-0.4, -0.2) is 34.9 Å². The highest BCUT2D eigenvalue weighted by Gasteiger charge is 2.22. The van der Waals surface area contributed by atoms with Gasteiger partial charge in [0.1, 0.15) is 16.4 Å². The summed E-state index contributed by atoms with van der Waals surface area (Å²) < 4.78 is 25.8. The molecular formula is C21H17ClFN3O3S2. The summed E-state index contributed by atoms with van der Waals surface area (Å²) in [7, 11) is 1.56. The van der Waals surface area contributed by atoms with Crippen molar-refractivity contribution in [2.24, 2.45) is 0 Å². The number of ether oxygens (including phenoxy) is 2. The number of halogens is 2. The number of nitrogens with zero attached hydrogens (tertiary/aromatic N) is 2. The minimum Gasteiger partial charge on any atom is -0.496 e. The average molecular weight is 478 g/mol. The molecule has 0 unspecified atom stereocenters. The lowest BCUT2D eigenvalue weighted by atomic mass is 10.1. The van der Waals surface area contributed by atoms with Gasteiger partial charge in [-0.05, 0) is 42.8 Å². The highest BCUT2D eigenvalue weighted by Crippen LogP contribution is 2.37. The Hall–Kier alpha value is -2.62. The zero-order valence-electron chi connectivity index (χ0n) is 16.6. The molecule has 10 heteroatoms. The van der Waals surface area contributed by atoms with Crippen LogP contribution in [0.15, 0.2) is 41.6 Å². The number of aromatic amines is 1. The molecule has 0 aliphatic heterocycles. The molecule has 4 aromatic rings. The second-order valence-corrected chi connectivity index (χ2v) is 8.77. The molecule has 0 saturated carbocycles. The number of hydrogen-bond acceptors (Lipinski definition) is 7. The fraction of sp³-hybridized carbons (Fsp3) is 0.190. The molecule has 2 aromatic heterocycles. The molecule has 0 atom stereocenters. The van der Waals surface area contributed by atoms with E-state index in [1.165, 1.54) is 29.2 Å². The van der Waals surface area contributed by atoms with Crippen molar-refractivity contribution in [3.63, 3.8) is 0 Å². The molecule has 0 aliphatic rings. The highest BCUT2D eigenvalue weighted by molar-refractivity contribution is 7.98. The van der Waals surface area contributed by atoms with Crippen LogP contribution in [0.4, 0.5) is 4.39 Å². The van der Waals surface area contributed by atoms with Crippen molar-refractivity contribution in [3.05, 3.63) is 57.7 Å². The number of rotatable bonds is 7. The number of H-pyrrole nitrogens is 1. The number of hydrogen-bond donors (Lipinski definition) is 1. The Morgan fingerprint density at radius 3 is 2.94 bits per heavy atom. The first-order chi connectivity index (χ1) is 15.0. The number of benzene rings is 2. The molecule has 2 aromatic carbocycles. The van der Waals surface area contributed by atoms with Gasteiger partial charge in [-0.3, -0.25) is 5.10 Å². The molecule has 0 radical (unpaired) electrons. The van der Waals surface area contributed by atoms with Crippen molar-refractivity contribution in [2.75, 3.05) is 13.7 Å². The summed E-state index contributed by atoms with van der Waals surface area (Å²) in [6.07, 6.45) is 0. The van der Waals surface area contributed by atoms with Gasteiger partial charge in [0.15, 0.2) is 5.82 Å². The van der Waals surface area contributed by atoms with Crippen LogP contribution in [0, 0.1) is 5.82 Å². The summed E-state index contributed by atoms with van der Waals surface area (Å²) in [5, 5.41) is 8.52. The molecule has 0 bridgehead atoms. The minimum absolute atomic E-state index is 0.244. The summed E-state index contributed by atoms with van der Waals surface area (Å²) in [6, 6.07) is 10.0. The van der Waals surface area contributed by atoms with Gasteiger partial charge in [-0.15, -0.1) is 16.4 Å². The third kappa shape index (κ3) is 4.39. The smallest absolute Gasteiger partial charge is 0.348 e. The number of thioether (sulfide) groups is 1. The van der Waals surface area contributed by atoms with Crippen molar-refractivity contribution in [1.29, 1.82) is 0 Å². The summed E-state index contributed by atoms with van der Waals surface area (Å²) >= 11 is 8.61. The first-order valence-corrected chi connectivity index (χ1v) is 11.5. The van der Waals surface area contributed by atoms with E-state index in [-0.39, 0.29) is 12.4 Å². The van der Waals surface area contributed by atoms with Gasteiger partial charge in [0.25, 0.3) is 0 Å². The normalized spacial score (nSPS) is 11.1. The second-order valence-electron chi connectivity index (χ2n) is 6.34. The van der Waals surface area contributed by atoms with Gasteiger partial charge >= 0.3 is 5.97 Å². The fourth-order valence-corrected chi connectivity index (χ4v) is 5.32. The Morgan fingerprint density at radius 1 is 1.32 bits per heavy atom. The lowest BCUT2D eigenvalue weighted by molar-refractivity contribution is 0.0531. The Labute approximate surface area is 190 Å². The van der Waals surface area contributed by atoms with E-state index in [1.807, 2.05) is 0 Å². The fourth-order valence-electron chi connectivity index (χ4n) is 3.10. The third-order valence-electron chi connectivity index (χ3n) is 4.45. The van der Waals surface area contributed by atoms with Crippen LogP contribution in [-0.2, 0) is 10.5 Å². The predicted molar refractivity (Wildman–Crippen MR) is 121 cm³/mol. The number of carbonyl (C=O) groups excluding carboxylic acids is 1. The van der Waals surface area contributed by atoms with Gasteiger partial charge in [0, 0.05) is 20.9 Å². The van der Waals surface area contributed by atoms with Gasteiger partial charge in [0.05, 0.1) is 19.3 Å². The average Bonchev–Trinajstić information content (AvgIpc) is 3.38. The molecule has 0 saturated heterocycles. The SMILES string of the molecule is CCOC(=O)c1sc2cccc(F)c2c1CSc1n[nH]c(-c2cc(Cl)ccc2OC)n1. The molecule has 4 rings (SSSR count). The van der Waals surface area contributed by atoms with Crippen molar-refractivity contribution in [2.45, 2.75) is 17.8 Å². The first kappa shape index (κ1) is 21.6. The number of thiophene rings is 1. The van der Waals surface area contributed by atoms with Crippen molar-refractivity contribution < 1.29 is 18.7 Å². The summed E-state index contributed by atoms with van der Waals surface area (Å²) in [5.74, 6) is 0.567. The van der Waals surface area contributed by atoms with Crippen LogP contribution >= 0.6 is 34.7 Å². The van der Waals surface area contributed by atoms with Gasteiger partial charge < -0.3 is 9.47 Å². The van der Waals surface area contributed by atoms with Gasteiger partial charge in [-0.1, -0.05) is 29.4 Å². The molecule has 0 aliphatic carbocycles. The van der Waals surface area contributed by atoms with E-state index in [0.717, 1.165) is 0 Å². The number of fused-ring (bicyclic) bond motifs is 1. The quantitative estimate of drug-likeness (QED) is 0.261. The van der Waals surface area contributed by atoms with E-state index in [0.29, 0.717) is 53.6 Å². The Balaban J connectivity index is 1.64. The van der Waals surface area contributed by atoms with Gasteiger partial charge in [-0.2, -0.15) is 0 Å². The lowest BCUT2D eigenvalue weighted by Gasteiger charge is -2.05. The van der Waals surface area contributed by atoms with E-state index >= 15 is 0 Å². The van der Waals surface area contributed by atoms with Crippen LogP contribution in [0.1, 0.15) is 22.2 Å². The standard InChI is InChI=1S/C21H17ClFN3O3S2/c1-3-29-20(27)18-13(17-14(23)5-4-6-16(17)31-18)10-30-21-24-19(25-26-21)12-9-11(22)7-8-15(12)28-2/h4-9H,3,10H2,1-2H3,(H,24,25,26). The van der Waals surface area contributed by atoms with Crippen LogP contribution in [0.5, 0.6) is 5.75 Å². The van der Waals surface area contributed by atoms with Crippen LogP contribution in [0.3, 0.4) is 0 Å². The highest BCUT2D eigenvalue weighted by atomic mass is 35.5. The van der Waals surface area contributed by atoms with E-state index in [9.17, 15) is 9.18 Å². The Morgan fingerprint density at radius 2 is 2.16 bits per heavy atom. The summed E-state index contributed by atoms with van der Waals surface area (Å²) in [4.78, 5) is 17.3. The maximum absolute atomic E-state index is 14.6. The predicted octanol–water partition coefficient (Wildman–Crippen LogP) is 5.96. The lowest BCUT2D eigenvalue weighted by Crippen LogP contribution is -2.05. The third-order valence-corrected chi connectivity index (χ3v) is 6.74. The monoisotopic (exact) mass is 477 g/mol. The summed E-state index contributed by atoms with van der Waals surface area (Å²) in [5.41, 5.74) is 1.25. The second kappa shape index (κ2) is 9.25. The first-order valence-electron chi connectivity index (χ1n) is 9.28. The van der Waals surface area contributed by atoms with Gasteiger partial charge in [0.2, 0.25) is 5.16 Å². The largest absolute Gasteiger partial charge is 0.496 e. The van der Waals surface area contributed by atoms with E-state index < -0.39 is 5.97 Å². The Bertz CT molecular complexity index is 1260. The minimum atomic E-state index is -0.460. The van der Waals surface area contributed by atoms with Gasteiger partial charge in [-0.25, -0.2) is 14.2 Å². The molecule has 160 valence electrons. The topological polar surface area (TPSA) is 77.1 Å². The van der Waals surface area contributed by atoms with E-state index in [4.69, 9.17) is 21.1 Å². The molecular weight excluding hydrogens is 461 g/mol. The van der Waals surface area contributed by atoms with Crippen molar-refractivity contribution in [3.8, 4) is 17.1 Å². The maximum atomic E-state index is 14.6. The van der Waals surface area contributed by atoms with Crippen LogP contribution in [0.25, 0.3) is 21.5 Å². The summed E-state index contributed by atoms with van der Waals surface area (Å²) in [6.45, 7) is 1.98. The zero-order valence-corrected chi connectivity index (χ0v) is 19.0. The maximum Gasteiger partial charge on any atom is 0.348 e. The number of methoxy groups -OCH3 is 1. The zero-order chi connectivity index (χ0) is 22.0. The van der Waals surface area contributed by atoms with E-state index in [1.54, 1.807) is 44.4 Å². The Kier molecular flexibility index (Phi) is 6.45. The molecule has 0 spiro atoms. The van der Waals surface area contributed by atoms with Crippen molar-refractivity contribution >= 4 is 50.8 Å². The molecule has 6 nitrogen and oxygen atoms in total. The molecule has 1 N–H and O–H groups in total. The van der Waals surface area contributed by atoms with E-state index in [2.05, 4.69) is 15.2 Å². The molecule has 2 heterocycles. The molecule has 0 fully saturated rings. The van der Waals surface area contributed by atoms with Crippen LogP contribution < -0.4 is 4.74 Å². The number of nitrogens with one attached hydrogen (secondary N) is 1. The van der Waals surface area contributed by atoms with Crippen LogP contribution in [0.2, 0.25) is 5.02 Å². The molecule has 31 heavy (non-hydrogen) atoms. The number of esters is 1. The number of aromatic nitrogens is 3. The number of carbonyl (C=O) groups is 1. The van der Waals surface area contributed by atoms with Crippen molar-refractivity contribution in [1.82, 2.24) is 15.2 Å². The molecule has 0 amide bonds.